The van der Waals surface area contributed by atoms with E-state index >= 15 is 0 Å². The van der Waals surface area contributed by atoms with Crippen LogP contribution in [0, 0.1) is 6.92 Å². The molecule has 0 bridgehead atoms. The summed E-state index contributed by atoms with van der Waals surface area (Å²) in [6.45, 7) is 4.05. The molecule has 2 aromatic heterocycles. The zero-order valence-corrected chi connectivity index (χ0v) is 11.8. The number of thiazole rings is 1. The summed E-state index contributed by atoms with van der Waals surface area (Å²) in [5, 5.41) is 6.38. The molecule has 3 N–H and O–H groups in total. The van der Waals surface area contributed by atoms with Gasteiger partial charge in [0.25, 0.3) is 0 Å². The molecule has 2 heterocycles. The van der Waals surface area contributed by atoms with Gasteiger partial charge in [-0.25, -0.2) is 9.97 Å². The first-order valence-corrected chi connectivity index (χ1v) is 6.79. The molecule has 0 fully saturated rings. The van der Waals surface area contributed by atoms with Crippen molar-refractivity contribution in [2.24, 2.45) is 5.73 Å². The SMILES string of the molecule is Cc1csc(C(C)Nc2ccc(C(N)=S)cn2)n1. The number of nitrogens with zero attached hydrogens (tertiary/aromatic N) is 2. The Bertz CT molecular complexity index is 547. The van der Waals surface area contributed by atoms with Gasteiger partial charge in [0.2, 0.25) is 0 Å². The first-order chi connectivity index (χ1) is 8.56. The molecule has 0 amide bonds. The van der Waals surface area contributed by atoms with Crippen LogP contribution in [0.4, 0.5) is 5.82 Å². The van der Waals surface area contributed by atoms with Gasteiger partial charge in [-0.3, -0.25) is 0 Å². The van der Waals surface area contributed by atoms with Gasteiger partial charge in [-0.15, -0.1) is 11.3 Å². The summed E-state index contributed by atoms with van der Waals surface area (Å²) in [5.74, 6) is 0.787. The number of aromatic nitrogens is 2. The molecule has 1 atom stereocenters. The lowest BCUT2D eigenvalue weighted by atomic mass is 10.3. The lowest BCUT2D eigenvalue weighted by Gasteiger charge is -2.11. The summed E-state index contributed by atoms with van der Waals surface area (Å²) in [7, 11) is 0. The summed E-state index contributed by atoms with van der Waals surface area (Å²) >= 11 is 6.52. The van der Waals surface area contributed by atoms with Crippen molar-refractivity contribution in [3.63, 3.8) is 0 Å². The van der Waals surface area contributed by atoms with Gasteiger partial charge in [0.1, 0.15) is 15.8 Å². The third kappa shape index (κ3) is 3.02. The molecule has 1 unspecified atom stereocenters. The van der Waals surface area contributed by atoms with Gasteiger partial charge in [0.05, 0.1) is 6.04 Å². The van der Waals surface area contributed by atoms with Crippen LogP contribution in [0.25, 0.3) is 0 Å². The molecule has 2 rings (SSSR count). The fourth-order valence-corrected chi connectivity index (χ4v) is 2.40. The number of aryl methyl sites for hydroxylation is 1. The van der Waals surface area contributed by atoms with Crippen LogP contribution in [-0.2, 0) is 0 Å². The van der Waals surface area contributed by atoms with Crippen molar-refractivity contribution in [1.82, 2.24) is 9.97 Å². The Hall–Kier alpha value is -1.53. The Morgan fingerprint density at radius 1 is 1.50 bits per heavy atom. The Morgan fingerprint density at radius 3 is 2.78 bits per heavy atom. The Morgan fingerprint density at radius 2 is 2.28 bits per heavy atom. The highest BCUT2D eigenvalue weighted by Crippen LogP contribution is 2.21. The van der Waals surface area contributed by atoms with Crippen LogP contribution in [0.5, 0.6) is 0 Å². The normalized spacial score (nSPS) is 12.1. The zero-order chi connectivity index (χ0) is 13.1. The van der Waals surface area contributed by atoms with Gasteiger partial charge in [-0.05, 0) is 26.0 Å². The lowest BCUT2D eigenvalue weighted by Crippen LogP contribution is -2.11. The van der Waals surface area contributed by atoms with Crippen LogP contribution in [0.2, 0.25) is 0 Å². The van der Waals surface area contributed by atoms with E-state index in [0.29, 0.717) is 4.99 Å². The third-order valence-corrected chi connectivity index (χ3v) is 3.80. The monoisotopic (exact) mass is 278 g/mol. The Labute approximate surface area is 115 Å². The molecule has 0 aliphatic heterocycles. The molecule has 0 radical (unpaired) electrons. The second-order valence-electron chi connectivity index (χ2n) is 3.99. The number of thiocarbonyl (C=S) groups is 1. The minimum Gasteiger partial charge on any atom is -0.389 e. The average molecular weight is 278 g/mol. The quantitative estimate of drug-likeness (QED) is 0.842. The van der Waals surface area contributed by atoms with Crippen molar-refractivity contribution < 1.29 is 0 Å². The van der Waals surface area contributed by atoms with Crippen molar-refractivity contribution in [2.45, 2.75) is 19.9 Å². The number of hydrogen-bond donors (Lipinski definition) is 2. The van der Waals surface area contributed by atoms with E-state index in [1.54, 1.807) is 17.5 Å². The highest BCUT2D eigenvalue weighted by atomic mass is 32.1. The predicted octanol–water partition coefficient (Wildman–Crippen LogP) is 2.65. The number of pyridine rings is 1. The molecule has 4 nitrogen and oxygen atoms in total. The molecule has 0 spiro atoms. The summed E-state index contributed by atoms with van der Waals surface area (Å²) in [5.41, 5.74) is 7.34. The molecule has 2 aromatic rings. The van der Waals surface area contributed by atoms with E-state index in [4.69, 9.17) is 18.0 Å². The highest BCUT2D eigenvalue weighted by Gasteiger charge is 2.09. The lowest BCUT2D eigenvalue weighted by molar-refractivity contribution is 0.855. The van der Waals surface area contributed by atoms with Crippen LogP contribution in [-0.4, -0.2) is 15.0 Å². The largest absolute Gasteiger partial charge is 0.389 e. The van der Waals surface area contributed by atoms with Crippen LogP contribution >= 0.6 is 23.6 Å². The van der Waals surface area contributed by atoms with Gasteiger partial charge < -0.3 is 11.1 Å². The van der Waals surface area contributed by atoms with E-state index in [2.05, 4.69) is 22.2 Å². The maximum absolute atomic E-state index is 5.52. The van der Waals surface area contributed by atoms with Gasteiger partial charge in [0.15, 0.2) is 0 Å². The van der Waals surface area contributed by atoms with Gasteiger partial charge in [-0.2, -0.15) is 0 Å². The highest BCUT2D eigenvalue weighted by molar-refractivity contribution is 7.80. The molecule has 0 saturated heterocycles. The van der Waals surface area contributed by atoms with E-state index in [9.17, 15) is 0 Å². The number of nitrogens with one attached hydrogen (secondary N) is 1. The van der Waals surface area contributed by atoms with Crippen LogP contribution in [0.3, 0.4) is 0 Å². The topological polar surface area (TPSA) is 63.8 Å². The van der Waals surface area contributed by atoms with Crippen molar-refractivity contribution in [1.29, 1.82) is 0 Å². The first kappa shape index (κ1) is 12.9. The van der Waals surface area contributed by atoms with Crippen molar-refractivity contribution in [2.75, 3.05) is 5.32 Å². The summed E-state index contributed by atoms with van der Waals surface area (Å²) in [4.78, 5) is 9.07. The van der Waals surface area contributed by atoms with Crippen molar-refractivity contribution in [3.05, 3.63) is 40.0 Å². The zero-order valence-electron chi connectivity index (χ0n) is 10.2. The minimum absolute atomic E-state index is 0.131. The number of rotatable bonds is 4. The van der Waals surface area contributed by atoms with Gasteiger partial charge >= 0.3 is 0 Å². The molecule has 0 aromatic carbocycles. The van der Waals surface area contributed by atoms with Crippen LogP contribution in [0.1, 0.15) is 29.2 Å². The molecule has 6 heteroatoms. The predicted molar refractivity (Wildman–Crippen MR) is 79.0 cm³/mol. The fourth-order valence-electron chi connectivity index (χ4n) is 1.48. The van der Waals surface area contributed by atoms with Crippen LogP contribution in [0.15, 0.2) is 23.7 Å². The number of hydrogen-bond acceptors (Lipinski definition) is 5. The third-order valence-electron chi connectivity index (χ3n) is 2.42. The van der Waals surface area contributed by atoms with E-state index in [-0.39, 0.29) is 6.04 Å². The summed E-state index contributed by atoms with van der Waals surface area (Å²) in [6.07, 6.45) is 1.67. The van der Waals surface area contributed by atoms with E-state index in [0.717, 1.165) is 22.1 Å². The Kier molecular flexibility index (Phi) is 3.88. The number of nitrogens with two attached hydrogens (primary N) is 1. The first-order valence-electron chi connectivity index (χ1n) is 5.50. The molecular weight excluding hydrogens is 264 g/mol. The second kappa shape index (κ2) is 5.41. The summed E-state index contributed by atoms with van der Waals surface area (Å²) < 4.78 is 0. The van der Waals surface area contributed by atoms with Gasteiger partial charge in [0, 0.05) is 22.8 Å². The maximum atomic E-state index is 5.52. The fraction of sp³-hybridized carbons (Fsp3) is 0.250. The Balaban J connectivity index is 2.07. The minimum atomic E-state index is 0.131. The summed E-state index contributed by atoms with van der Waals surface area (Å²) in [6, 6.07) is 3.86. The van der Waals surface area contributed by atoms with Crippen molar-refractivity contribution >= 4 is 34.4 Å². The smallest absolute Gasteiger partial charge is 0.126 e. The molecule has 94 valence electrons. The van der Waals surface area contributed by atoms with E-state index in [1.165, 1.54) is 0 Å². The molecule has 18 heavy (non-hydrogen) atoms. The molecule has 0 saturated carbocycles. The van der Waals surface area contributed by atoms with Gasteiger partial charge in [-0.1, -0.05) is 12.2 Å². The van der Waals surface area contributed by atoms with Crippen molar-refractivity contribution in [3.8, 4) is 0 Å². The van der Waals surface area contributed by atoms with E-state index < -0.39 is 0 Å². The molecule has 0 aliphatic carbocycles. The van der Waals surface area contributed by atoms with Crippen LogP contribution < -0.4 is 11.1 Å². The number of anilines is 1. The molecular formula is C12H14N4S2. The average Bonchev–Trinajstić information content (AvgIpc) is 2.76. The second-order valence-corrected chi connectivity index (χ2v) is 5.32. The van der Waals surface area contributed by atoms with E-state index in [1.807, 2.05) is 24.4 Å². The maximum Gasteiger partial charge on any atom is 0.126 e. The molecule has 0 aliphatic rings. The standard InChI is InChI=1S/C12H14N4S2/c1-7-6-18-12(15-7)8(2)16-10-4-3-9(5-14-10)11(13)17/h3-6,8H,1-2H3,(H2,13,17)(H,14,16).